The normalized spacial score (nSPS) is 22.9. The molecule has 0 N–H and O–H groups in total. The molecule has 21 heavy (non-hydrogen) atoms. The van der Waals surface area contributed by atoms with Crippen molar-refractivity contribution in [2.75, 3.05) is 13.1 Å². The van der Waals surface area contributed by atoms with Gasteiger partial charge < -0.3 is 4.42 Å². The van der Waals surface area contributed by atoms with Crippen molar-refractivity contribution in [3.05, 3.63) is 17.9 Å². The van der Waals surface area contributed by atoms with Gasteiger partial charge in [0, 0.05) is 29.1 Å². The van der Waals surface area contributed by atoms with Crippen LogP contribution in [0.5, 0.6) is 0 Å². The van der Waals surface area contributed by atoms with Gasteiger partial charge >= 0.3 is 0 Å². The predicted molar refractivity (Wildman–Crippen MR) is 80.8 cm³/mol. The van der Waals surface area contributed by atoms with Crippen molar-refractivity contribution in [3.63, 3.8) is 0 Å². The van der Waals surface area contributed by atoms with Crippen molar-refractivity contribution in [1.29, 1.82) is 0 Å². The second-order valence-electron chi connectivity index (χ2n) is 5.76. The Kier molecular flexibility index (Phi) is 4.51. The molecule has 3 rings (SSSR count). The first-order valence-corrected chi connectivity index (χ1v) is 10.4. The number of nitrogens with zero attached hydrogens (tertiary/aromatic N) is 1. The molecule has 0 bridgehead atoms. The van der Waals surface area contributed by atoms with Crippen molar-refractivity contribution >= 4 is 20.8 Å². The van der Waals surface area contributed by atoms with Gasteiger partial charge in [-0.2, -0.15) is 4.31 Å². The monoisotopic (exact) mass is 331 g/mol. The van der Waals surface area contributed by atoms with Gasteiger partial charge in [0.05, 0.1) is 5.75 Å². The van der Waals surface area contributed by atoms with Crippen LogP contribution in [-0.4, -0.2) is 35.3 Å². The van der Waals surface area contributed by atoms with E-state index < -0.39 is 20.8 Å². The molecule has 2 fully saturated rings. The number of sulfonamides is 1. The van der Waals surface area contributed by atoms with Crippen LogP contribution in [-0.2, 0) is 26.6 Å². The van der Waals surface area contributed by atoms with E-state index in [1.54, 1.807) is 6.07 Å². The molecule has 2 aliphatic rings. The van der Waals surface area contributed by atoms with Crippen molar-refractivity contribution in [2.24, 2.45) is 0 Å². The SMILES string of the molecule is O=S(Cc1ccc(S(=O)(=O)N2CCCC2)o1)C1CCCC1. The zero-order valence-corrected chi connectivity index (χ0v) is 13.6. The van der Waals surface area contributed by atoms with E-state index in [-0.39, 0.29) is 10.3 Å². The van der Waals surface area contributed by atoms with Crippen molar-refractivity contribution in [2.45, 2.75) is 54.6 Å². The average Bonchev–Trinajstić information content (AvgIpc) is 3.20. The van der Waals surface area contributed by atoms with Crippen LogP contribution in [0, 0.1) is 0 Å². The lowest BCUT2D eigenvalue weighted by Crippen LogP contribution is -2.27. The lowest BCUT2D eigenvalue weighted by atomic mass is 10.4. The summed E-state index contributed by atoms with van der Waals surface area (Å²) in [6.45, 7) is 1.12. The lowest BCUT2D eigenvalue weighted by molar-refractivity contribution is 0.396. The third-order valence-corrected chi connectivity index (χ3v) is 7.81. The standard InChI is InChI=1S/C14H21NO4S2/c16-20(13-5-1-2-6-13)11-12-7-8-14(19-12)21(17,18)15-9-3-4-10-15/h7-8,13H,1-6,9-11H2. The maximum atomic E-state index is 12.3. The Morgan fingerprint density at radius 2 is 1.81 bits per heavy atom. The van der Waals surface area contributed by atoms with Gasteiger partial charge in [-0.05, 0) is 37.8 Å². The van der Waals surface area contributed by atoms with Gasteiger partial charge in [0.2, 0.25) is 5.09 Å². The zero-order chi connectivity index (χ0) is 14.9. The summed E-state index contributed by atoms with van der Waals surface area (Å²) >= 11 is 0. The van der Waals surface area contributed by atoms with E-state index in [4.69, 9.17) is 4.42 Å². The number of furan rings is 1. The van der Waals surface area contributed by atoms with Crippen LogP contribution in [0.3, 0.4) is 0 Å². The van der Waals surface area contributed by atoms with Gasteiger partial charge in [0.15, 0.2) is 0 Å². The second-order valence-corrected chi connectivity index (χ2v) is 9.35. The van der Waals surface area contributed by atoms with Crippen LogP contribution in [0.4, 0.5) is 0 Å². The highest BCUT2D eigenvalue weighted by Gasteiger charge is 2.30. The molecule has 0 spiro atoms. The van der Waals surface area contributed by atoms with E-state index in [2.05, 4.69) is 0 Å². The Bertz CT molecular complexity index is 611. The van der Waals surface area contributed by atoms with Crippen LogP contribution in [0.1, 0.15) is 44.3 Å². The Balaban J connectivity index is 1.69. The van der Waals surface area contributed by atoms with Gasteiger partial charge in [0.1, 0.15) is 5.76 Å². The molecule has 1 saturated carbocycles. The quantitative estimate of drug-likeness (QED) is 0.830. The highest BCUT2D eigenvalue weighted by atomic mass is 32.2. The van der Waals surface area contributed by atoms with Crippen LogP contribution in [0.2, 0.25) is 0 Å². The zero-order valence-electron chi connectivity index (χ0n) is 12.0. The largest absolute Gasteiger partial charge is 0.447 e. The summed E-state index contributed by atoms with van der Waals surface area (Å²) in [6, 6.07) is 3.14. The maximum Gasteiger partial charge on any atom is 0.276 e. The van der Waals surface area contributed by atoms with Gasteiger partial charge in [-0.3, -0.25) is 4.21 Å². The minimum Gasteiger partial charge on any atom is -0.447 e. The smallest absolute Gasteiger partial charge is 0.276 e. The highest BCUT2D eigenvalue weighted by molar-refractivity contribution is 7.89. The summed E-state index contributed by atoms with van der Waals surface area (Å²) < 4.78 is 43.8. The molecule has 0 radical (unpaired) electrons. The molecule has 1 aromatic heterocycles. The molecule has 1 unspecified atom stereocenters. The molecule has 1 saturated heterocycles. The van der Waals surface area contributed by atoms with E-state index in [9.17, 15) is 12.6 Å². The minimum atomic E-state index is -3.50. The summed E-state index contributed by atoms with van der Waals surface area (Å²) in [4.78, 5) is 0. The molecule has 2 heterocycles. The Labute approximate surface area is 128 Å². The summed E-state index contributed by atoms with van der Waals surface area (Å²) in [7, 11) is -4.47. The molecule has 0 amide bonds. The fraction of sp³-hybridized carbons (Fsp3) is 0.714. The molecular weight excluding hydrogens is 310 g/mol. The number of hydrogen-bond donors (Lipinski definition) is 0. The Morgan fingerprint density at radius 1 is 1.14 bits per heavy atom. The predicted octanol–water partition coefficient (Wildman–Crippen LogP) is 2.26. The molecule has 118 valence electrons. The fourth-order valence-corrected chi connectivity index (χ4v) is 6.02. The van der Waals surface area contributed by atoms with E-state index in [1.807, 2.05) is 0 Å². The van der Waals surface area contributed by atoms with Crippen LogP contribution in [0.15, 0.2) is 21.6 Å². The molecule has 1 aliphatic carbocycles. The molecule has 1 aliphatic heterocycles. The van der Waals surface area contributed by atoms with E-state index in [1.165, 1.54) is 10.4 Å². The van der Waals surface area contributed by atoms with Crippen molar-refractivity contribution in [1.82, 2.24) is 4.31 Å². The summed E-state index contributed by atoms with van der Waals surface area (Å²) in [5.74, 6) is 0.832. The fourth-order valence-electron chi connectivity index (χ4n) is 3.04. The summed E-state index contributed by atoms with van der Waals surface area (Å²) in [5, 5.41) is 0.233. The van der Waals surface area contributed by atoms with Crippen LogP contribution >= 0.6 is 0 Å². The van der Waals surface area contributed by atoms with Crippen LogP contribution < -0.4 is 0 Å². The Hall–Kier alpha value is -0.660. The van der Waals surface area contributed by atoms with E-state index in [0.717, 1.165) is 38.5 Å². The lowest BCUT2D eigenvalue weighted by Gasteiger charge is -2.12. The molecule has 5 nitrogen and oxygen atoms in total. The van der Waals surface area contributed by atoms with E-state index in [0.29, 0.717) is 24.6 Å². The number of hydrogen-bond acceptors (Lipinski definition) is 4. The molecular formula is C14H21NO4S2. The highest BCUT2D eigenvalue weighted by Crippen LogP contribution is 2.27. The number of rotatable bonds is 5. The van der Waals surface area contributed by atoms with Crippen molar-refractivity contribution < 1.29 is 17.0 Å². The topological polar surface area (TPSA) is 67.6 Å². The second kappa shape index (κ2) is 6.22. The van der Waals surface area contributed by atoms with Gasteiger partial charge in [-0.25, -0.2) is 8.42 Å². The molecule has 0 aromatic carbocycles. The van der Waals surface area contributed by atoms with Gasteiger partial charge in [0.25, 0.3) is 10.0 Å². The summed E-state index contributed by atoms with van der Waals surface area (Å²) in [6.07, 6.45) is 6.10. The summed E-state index contributed by atoms with van der Waals surface area (Å²) in [5.41, 5.74) is 0. The third-order valence-electron chi connectivity index (χ3n) is 4.25. The molecule has 7 heteroatoms. The molecule has 1 atom stereocenters. The molecule has 1 aromatic rings. The van der Waals surface area contributed by atoms with Crippen molar-refractivity contribution in [3.8, 4) is 0 Å². The first-order chi connectivity index (χ1) is 10.1. The van der Waals surface area contributed by atoms with Gasteiger partial charge in [-0.15, -0.1) is 0 Å². The first kappa shape index (κ1) is 15.2. The minimum absolute atomic E-state index is 0.0113. The van der Waals surface area contributed by atoms with Gasteiger partial charge in [-0.1, -0.05) is 12.8 Å². The van der Waals surface area contributed by atoms with E-state index >= 15 is 0 Å². The maximum absolute atomic E-state index is 12.3. The Morgan fingerprint density at radius 3 is 2.48 bits per heavy atom. The third kappa shape index (κ3) is 3.24. The first-order valence-electron chi connectivity index (χ1n) is 7.53. The van der Waals surface area contributed by atoms with Crippen LogP contribution in [0.25, 0.3) is 0 Å². The average molecular weight is 331 g/mol.